The molecule has 12 heteroatoms. The highest BCUT2D eigenvalue weighted by Crippen LogP contribution is 2.33. The van der Waals surface area contributed by atoms with Crippen molar-refractivity contribution in [2.45, 2.75) is 43.6 Å². The molecule has 11 nitrogen and oxygen atoms in total. The molecule has 0 bridgehead atoms. The SMILES string of the molecule is C[C@H]([C@H](CCc1ccsc1)c1ccc(Oc2ccccc2)cc1)N(CC(=O)O)C(=O)[C@@H]1COC(C(=O)O)(C(=O)O)O1. The Bertz CT molecular complexity index is 1350. The van der Waals surface area contributed by atoms with Crippen molar-refractivity contribution in [1.82, 2.24) is 4.90 Å². The summed E-state index contributed by atoms with van der Waals surface area (Å²) in [7, 11) is 0. The normalized spacial score (nSPS) is 17.3. The van der Waals surface area contributed by atoms with Crippen LogP contribution in [0.1, 0.15) is 30.4 Å². The lowest BCUT2D eigenvalue weighted by Gasteiger charge is -2.35. The van der Waals surface area contributed by atoms with Crippen LogP contribution in [-0.4, -0.2) is 75.1 Å². The first-order chi connectivity index (χ1) is 19.6. The van der Waals surface area contributed by atoms with Gasteiger partial charge in [-0.05, 0) is 72.0 Å². The first-order valence-electron chi connectivity index (χ1n) is 12.8. The Hall–Kier alpha value is -4.26. The van der Waals surface area contributed by atoms with E-state index in [-0.39, 0.29) is 5.92 Å². The summed E-state index contributed by atoms with van der Waals surface area (Å²) in [5.74, 6) is -8.17. The third-order valence-corrected chi connectivity index (χ3v) is 7.59. The van der Waals surface area contributed by atoms with Crippen LogP contribution in [0.3, 0.4) is 0 Å². The second-order valence-corrected chi connectivity index (χ2v) is 10.3. The molecule has 0 saturated carbocycles. The number of ether oxygens (including phenoxy) is 3. The molecule has 3 N–H and O–H groups in total. The Kier molecular flexibility index (Phi) is 9.38. The van der Waals surface area contributed by atoms with Crippen LogP contribution in [0.4, 0.5) is 0 Å². The van der Waals surface area contributed by atoms with Gasteiger partial charge in [0.05, 0.1) is 6.61 Å². The number of benzene rings is 2. The maximum absolute atomic E-state index is 13.5. The number of carbonyl (C=O) groups is 4. The molecule has 0 radical (unpaired) electrons. The number of rotatable bonds is 13. The average molecular weight is 584 g/mol. The van der Waals surface area contributed by atoms with Gasteiger partial charge in [-0.15, -0.1) is 0 Å². The Balaban J connectivity index is 1.60. The molecular formula is C29H29NO10S. The van der Waals surface area contributed by atoms with Gasteiger partial charge in [-0.25, -0.2) is 9.59 Å². The lowest BCUT2D eigenvalue weighted by molar-refractivity contribution is -0.218. The van der Waals surface area contributed by atoms with E-state index in [4.69, 9.17) is 14.2 Å². The third kappa shape index (κ3) is 6.91. The smallest absolute Gasteiger partial charge is 0.377 e. The van der Waals surface area contributed by atoms with Gasteiger partial charge >= 0.3 is 23.7 Å². The van der Waals surface area contributed by atoms with E-state index in [0.29, 0.717) is 24.3 Å². The van der Waals surface area contributed by atoms with Gasteiger partial charge in [-0.3, -0.25) is 9.59 Å². The number of aliphatic carboxylic acids is 3. The van der Waals surface area contributed by atoms with Crippen molar-refractivity contribution in [3.05, 3.63) is 82.6 Å². The molecule has 41 heavy (non-hydrogen) atoms. The van der Waals surface area contributed by atoms with Gasteiger partial charge < -0.3 is 34.4 Å². The quantitative estimate of drug-likeness (QED) is 0.252. The fraction of sp³-hybridized carbons (Fsp3) is 0.310. The van der Waals surface area contributed by atoms with Crippen LogP contribution in [0.25, 0.3) is 0 Å². The number of para-hydroxylation sites is 1. The van der Waals surface area contributed by atoms with Crippen LogP contribution in [-0.2, 0) is 35.1 Å². The van der Waals surface area contributed by atoms with Gasteiger partial charge in [0, 0.05) is 12.0 Å². The molecule has 0 aliphatic carbocycles. The minimum absolute atomic E-state index is 0.352. The highest BCUT2D eigenvalue weighted by Gasteiger charge is 2.58. The van der Waals surface area contributed by atoms with E-state index >= 15 is 0 Å². The number of carbonyl (C=O) groups excluding carboxylic acids is 1. The van der Waals surface area contributed by atoms with Crippen LogP contribution >= 0.6 is 11.3 Å². The lowest BCUT2D eigenvalue weighted by Crippen LogP contribution is -2.52. The second-order valence-electron chi connectivity index (χ2n) is 9.51. The first kappa shape index (κ1) is 29.7. The largest absolute Gasteiger partial charge is 0.480 e. The fourth-order valence-electron chi connectivity index (χ4n) is 4.72. The van der Waals surface area contributed by atoms with E-state index in [1.807, 2.05) is 59.3 Å². The van der Waals surface area contributed by atoms with Crippen LogP contribution < -0.4 is 4.74 Å². The van der Waals surface area contributed by atoms with Crippen molar-refractivity contribution in [2.24, 2.45) is 0 Å². The van der Waals surface area contributed by atoms with Gasteiger partial charge in [0.15, 0.2) is 6.10 Å². The molecule has 3 aromatic rings. The number of hydrogen-bond donors (Lipinski definition) is 3. The summed E-state index contributed by atoms with van der Waals surface area (Å²) in [6, 6.07) is 17.8. The molecule has 0 spiro atoms. The number of carboxylic acid groups (broad SMARTS) is 3. The van der Waals surface area contributed by atoms with E-state index in [1.165, 1.54) is 0 Å². The number of aryl methyl sites for hydroxylation is 1. The molecule has 4 rings (SSSR count). The van der Waals surface area contributed by atoms with Crippen molar-refractivity contribution >= 4 is 35.2 Å². The molecule has 1 aromatic heterocycles. The minimum Gasteiger partial charge on any atom is -0.480 e. The van der Waals surface area contributed by atoms with Crippen LogP contribution in [0.15, 0.2) is 71.4 Å². The number of amides is 1. The summed E-state index contributed by atoms with van der Waals surface area (Å²) in [6.07, 6.45) is -0.417. The fourth-order valence-corrected chi connectivity index (χ4v) is 5.42. The van der Waals surface area contributed by atoms with E-state index < -0.39 is 54.9 Å². The number of hydrogen-bond acceptors (Lipinski definition) is 8. The molecule has 1 saturated heterocycles. The van der Waals surface area contributed by atoms with Gasteiger partial charge in [-0.1, -0.05) is 30.3 Å². The molecule has 1 amide bonds. The Morgan fingerprint density at radius 1 is 1.00 bits per heavy atom. The zero-order chi connectivity index (χ0) is 29.6. The van der Waals surface area contributed by atoms with Gasteiger partial charge in [0.25, 0.3) is 5.91 Å². The van der Waals surface area contributed by atoms with Crippen molar-refractivity contribution in [2.75, 3.05) is 13.2 Å². The summed E-state index contributed by atoms with van der Waals surface area (Å²) >= 11 is 1.55. The predicted octanol–water partition coefficient (Wildman–Crippen LogP) is 3.84. The van der Waals surface area contributed by atoms with Gasteiger partial charge in [0.1, 0.15) is 18.0 Å². The zero-order valence-electron chi connectivity index (χ0n) is 22.0. The molecule has 0 unspecified atom stereocenters. The molecule has 3 atom stereocenters. The van der Waals surface area contributed by atoms with Crippen LogP contribution in [0, 0.1) is 0 Å². The molecule has 1 fully saturated rings. The molecule has 2 heterocycles. The Morgan fingerprint density at radius 3 is 2.22 bits per heavy atom. The summed E-state index contributed by atoms with van der Waals surface area (Å²) in [6.45, 7) is 0.327. The van der Waals surface area contributed by atoms with Crippen molar-refractivity contribution < 1.29 is 48.7 Å². The average Bonchev–Trinajstić information content (AvgIpc) is 3.64. The Morgan fingerprint density at radius 2 is 1.66 bits per heavy atom. The molecule has 1 aliphatic rings. The summed E-state index contributed by atoms with van der Waals surface area (Å²) in [5, 5.41) is 32.4. The number of carboxylic acids is 3. The highest BCUT2D eigenvalue weighted by atomic mass is 32.1. The minimum atomic E-state index is -3.05. The first-order valence-corrected chi connectivity index (χ1v) is 13.7. The van der Waals surface area contributed by atoms with E-state index in [2.05, 4.69) is 0 Å². The Labute approximate surface area is 239 Å². The van der Waals surface area contributed by atoms with Gasteiger partial charge in [-0.2, -0.15) is 11.3 Å². The topological polar surface area (TPSA) is 160 Å². The van der Waals surface area contributed by atoms with E-state index in [9.17, 15) is 34.5 Å². The van der Waals surface area contributed by atoms with Crippen LogP contribution in [0.5, 0.6) is 11.5 Å². The van der Waals surface area contributed by atoms with E-state index in [0.717, 1.165) is 16.0 Å². The highest BCUT2D eigenvalue weighted by molar-refractivity contribution is 7.07. The molecule has 216 valence electrons. The van der Waals surface area contributed by atoms with Crippen molar-refractivity contribution in [3.8, 4) is 11.5 Å². The lowest BCUT2D eigenvalue weighted by atomic mass is 9.86. The summed E-state index contributed by atoms with van der Waals surface area (Å²) in [4.78, 5) is 49.6. The third-order valence-electron chi connectivity index (χ3n) is 6.86. The monoisotopic (exact) mass is 583 g/mol. The maximum atomic E-state index is 13.5. The predicted molar refractivity (Wildman–Crippen MR) is 146 cm³/mol. The summed E-state index contributed by atoms with van der Waals surface area (Å²) in [5.41, 5.74) is 1.91. The second kappa shape index (κ2) is 12.9. The number of thiophene rings is 1. The molecule has 2 aromatic carbocycles. The molecular weight excluding hydrogens is 554 g/mol. The number of nitrogens with zero attached hydrogens (tertiary/aromatic N) is 1. The van der Waals surface area contributed by atoms with Crippen LogP contribution in [0.2, 0.25) is 0 Å². The molecule has 1 aliphatic heterocycles. The van der Waals surface area contributed by atoms with E-state index in [1.54, 1.807) is 30.4 Å². The van der Waals surface area contributed by atoms with Gasteiger partial charge in [0.2, 0.25) is 0 Å². The zero-order valence-corrected chi connectivity index (χ0v) is 22.9. The summed E-state index contributed by atoms with van der Waals surface area (Å²) < 4.78 is 15.9. The maximum Gasteiger partial charge on any atom is 0.377 e. The van der Waals surface area contributed by atoms with Crippen molar-refractivity contribution in [3.63, 3.8) is 0 Å². The standard InChI is InChI=1S/C29H29NO10S/c1-18(30(15-25(31)32)26(33)24-16-38-29(40-24,27(34)35)28(36)37)23(12-7-19-13-14-41-17-19)20-8-10-22(11-9-20)39-21-5-3-2-4-6-21/h2-6,8-11,13-14,17-18,23-24H,7,12,15-16H2,1H3,(H,31,32)(H,34,35)(H,36,37)/t18-,23+,24+/m1/s1. The van der Waals surface area contributed by atoms with Crippen molar-refractivity contribution in [1.29, 1.82) is 0 Å².